The molecule has 23 heavy (non-hydrogen) atoms. The molecule has 1 fully saturated rings. The van der Waals surface area contributed by atoms with E-state index < -0.39 is 30.5 Å². The van der Waals surface area contributed by atoms with E-state index in [2.05, 4.69) is 5.32 Å². The van der Waals surface area contributed by atoms with E-state index in [9.17, 15) is 22.8 Å². The van der Waals surface area contributed by atoms with E-state index in [1.807, 2.05) is 0 Å². The lowest BCUT2D eigenvalue weighted by Gasteiger charge is -2.18. The number of hydrogen-bond acceptors (Lipinski definition) is 3. The van der Waals surface area contributed by atoms with Gasteiger partial charge in [0.1, 0.15) is 12.3 Å². The number of halogens is 3. The first-order chi connectivity index (χ1) is 10.8. The molecule has 2 rings (SSSR count). The zero-order valence-corrected chi connectivity index (χ0v) is 12.5. The molecule has 0 aromatic heterocycles. The summed E-state index contributed by atoms with van der Waals surface area (Å²) in [5.74, 6) is -1.49. The van der Waals surface area contributed by atoms with Gasteiger partial charge in [-0.15, -0.1) is 0 Å². The normalized spacial score (nSPS) is 18.2. The van der Waals surface area contributed by atoms with E-state index >= 15 is 0 Å². The van der Waals surface area contributed by atoms with Crippen LogP contribution >= 0.6 is 0 Å². The van der Waals surface area contributed by atoms with Crippen LogP contribution in [0.25, 0.3) is 0 Å². The first kappa shape index (κ1) is 17.1. The molecular formula is C15H17F3N2O3. The van der Waals surface area contributed by atoms with Gasteiger partial charge in [0.25, 0.3) is 0 Å². The SMILES string of the molecule is CCOc1ccccc1NC(=O)[C@@H]1CC(=O)N(CC(F)(F)F)C1. The third-order valence-electron chi connectivity index (χ3n) is 3.40. The van der Waals surface area contributed by atoms with Crippen molar-refractivity contribution in [2.45, 2.75) is 19.5 Å². The Hall–Kier alpha value is -2.25. The summed E-state index contributed by atoms with van der Waals surface area (Å²) in [5.41, 5.74) is 0.432. The van der Waals surface area contributed by atoms with E-state index in [-0.39, 0.29) is 13.0 Å². The molecule has 1 N–H and O–H groups in total. The largest absolute Gasteiger partial charge is 0.492 e. The second kappa shape index (κ2) is 6.89. The van der Waals surface area contributed by atoms with Crippen LogP contribution in [0.2, 0.25) is 0 Å². The van der Waals surface area contributed by atoms with Gasteiger partial charge < -0.3 is 15.0 Å². The molecule has 1 heterocycles. The van der Waals surface area contributed by atoms with Crippen molar-refractivity contribution in [3.05, 3.63) is 24.3 Å². The zero-order chi connectivity index (χ0) is 17.0. The van der Waals surface area contributed by atoms with Crippen LogP contribution in [0.5, 0.6) is 5.75 Å². The van der Waals surface area contributed by atoms with Crippen LogP contribution < -0.4 is 10.1 Å². The Kier molecular flexibility index (Phi) is 5.12. The Morgan fingerprint density at radius 3 is 2.74 bits per heavy atom. The Balaban J connectivity index is 2.01. The van der Waals surface area contributed by atoms with Crippen molar-refractivity contribution < 1.29 is 27.5 Å². The minimum atomic E-state index is -4.47. The summed E-state index contributed by atoms with van der Waals surface area (Å²) < 4.78 is 42.5. The quantitative estimate of drug-likeness (QED) is 0.902. The van der Waals surface area contributed by atoms with Crippen molar-refractivity contribution in [2.75, 3.05) is 25.0 Å². The van der Waals surface area contributed by atoms with Gasteiger partial charge in [0, 0.05) is 13.0 Å². The van der Waals surface area contributed by atoms with E-state index in [0.717, 1.165) is 0 Å². The van der Waals surface area contributed by atoms with Gasteiger partial charge in [0.2, 0.25) is 11.8 Å². The van der Waals surface area contributed by atoms with Gasteiger partial charge in [-0.05, 0) is 19.1 Å². The molecule has 1 aromatic carbocycles. The van der Waals surface area contributed by atoms with Crippen LogP contribution in [-0.4, -0.2) is 42.6 Å². The van der Waals surface area contributed by atoms with Crippen molar-refractivity contribution in [1.29, 1.82) is 0 Å². The van der Waals surface area contributed by atoms with Crippen molar-refractivity contribution in [2.24, 2.45) is 5.92 Å². The molecule has 2 amide bonds. The number of para-hydroxylation sites is 2. The predicted octanol–water partition coefficient (Wildman–Crippen LogP) is 2.43. The molecular weight excluding hydrogens is 313 g/mol. The number of hydrogen-bond donors (Lipinski definition) is 1. The molecule has 0 unspecified atom stereocenters. The van der Waals surface area contributed by atoms with Gasteiger partial charge in [-0.3, -0.25) is 9.59 Å². The van der Waals surface area contributed by atoms with Crippen molar-refractivity contribution in [3.63, 3.8) is 0 Å². The van der Waals surface area contributed by atoms with Crippen LogP contribution in [0.3, 0.4) is 0 Å². The molecule has 1 saturated heterocycles. The second-order valence-corrected chi connectivity index (χ2v) is 5.21. The summed E-state index contributed by atoms with van der Waals surface area (Å²) in [4.78, 5) is 24.5. The Morgan fingerprint density at radius 1 is 1.39 bits per heavy atom. The van der Waals surface area contributed by atoms with Gasteiger partial charge in [-0.2, -0.15) is 13.2 Å². The number of likely N-dealkylation sites (tertiary alicyclic amines) is 1. The lowest BCUT2D eigenvalue weighted by atomic mass is 10.1. The number of carbonyl (C=O) groups excluding carboxylic acids is 2. The summed E-state index contributed by atoms with van der Waals surface area (Å²) in [6, 6.07) is 6.75. The summed E-state index contributed by atoms with van der Waals surface area (Å²) in [6.07, 6.45) is -4.69. The van der Waals surface area contributed by atoms with Crippen molar-refractivity contribution in [3.8, 4) is 5.75 Å². The number of rotatable bonds is 5. The molecule has 1 atom stereocenters. The topological polar surface area (TPSA) is 58.6 Å². The van der Waals surface area contributed by atoms with E-state index in [4.69, 9.17) is 4.74 Å². The van der Waals surface area contributed by atoms with Gasteiger partial charge >= 0.3 is 6.18 Å². The third kappa shape index (κ3) is 4.61. The Morgan fingerprint density at radius 2 is 2.09 bits per heavy atom. The molecule has 8 heteroatoms. The fourth-order valence-corrected chi connectivity index (χ4v) is 2.40. The molecule has 0 aliphatic carbocycles. The maximum absolute atomic E-state index is 12.4. The van der Waals surface area contributed by atoms with Gasteiger partial charge in [-0.25, -0.2) is 0 Å². The van der Waals surface area contributed by atoms with Crippen LogP contribution in [-0.2, 0) is 9.59 Å². The molecule has 0 radical (unpaired) electrons. The lowest BCUT2D eigenvalue weighted by molar-refractivity contribution is -0.157. The Labute approximate surface area is 131 Å². The maximum Gasteiger partial charge on any atom is 0.406 e. The minimum absolute atomic E-state index is 0.223. The highest BCUT2D eigenvalue weighted by molar-refractivity contribution is 5.98. The molecule has 1 aliphatic rings. The van der Waals surface area contributed by atoms with Crippen LogP contribution in [0.1, 0.15) is 13.3 Å². The van der Waals surface area contributed by atoms with E-state index in [1.54, 1.807) is 31.2 Å². The maximum atomic E-state index is 12.4. The molecule has 0 bridgehead atoms. The summed E-state index contributed by atoms with van der Waals surface area (Å²) in [5, 5.41) is 2.62. The van der Waals surface area contributed by atoms with Crippen molar-refractivity contribution in [1.82, 2.24) is 4.90 Å². The predicted molar refractivity (Wildman–Crippen MR) is 77.0 cm³/mol. The van der Waals surface area contributed by atoms with Gasteiger partial charge in [0.15, 0.2) is 0 Å². The summed E-state index contributed by atoms with van der Waals surface area (Å²) in [6.45, 7) is 0.642. The highest BCUT2D eigenvalue weighted by Crippen LogP contribution is 2.27. The van der Waals surface area contributed by atoms with Gasteiger partial charge in [-0.1, -0.05) is 12.1 Å². The smallest absolute Gasteiger partial charge is 0.406 e. The number of nitrogens with zero attached hydrogens (tertiary/aromatic N) is 1. The molecule has 126 valence electrons. The van der Waals surface area contributed by atoms with E-state index in [1.165, 1.54) is 0 Å². The number of amides is 2. The number of alkyl halides is 3. The lowest BCUT2D eigenvalue weighted by Crippen LogP contribution is -2.36. The highest BCUT2D eigenvalue weighted by Gasteiger charge is 2.40. The first-order valence-corrected chi connectivity index (χ1v) is 7.17. The number of nitrogens with one attached hydrogen (secondary N) is 1. The second-order valence-electron chi connectivity index (χ2n) is 5.21. The fraction of sp³-hybridized carbons (Fsp3) is 0.467. The number of carbonyl (C=O) groups is 2. The molecule has 0 spiro atoms. The monoisotopic (exact) mass is 330 g/mol. The number of benzene rings is 1. The number of anilines is 1. The molecule has 1 aromatic rings. The first-order valence-electron chi connectivity index (χ1n) is 7.17. The molecule has 1 aliphatic heterocycles. The Bertz CT molecular complexity index is 590. The summed E-state index contributed by atoms with van der Waals surface area (Å²) >= 11 is 0. The average Bonchev–Trinajstić information content (AvgIpc) is 2.81. The minimum Gasteiger partial charge on any atom is -0.492 e. The van der Waals surface area contributed by atoms with Crippen LogP contribution in [0.4, 0.5) is 18.9 Å². The third-order valence-corrected chi connectivity index (χ3v) is 3.40. The summed E-state index contributed by atoms with van der Waals surface area (Å²) in [7, 11) is 0. The highest BCUT2D eigenvalue weighted by atomic mass is 19.4. The fourth-order valence-electron chi connectivity index (χ4n) is 2.40. The molecule has 5 nitrogen and oxygen atoms in total. The zero-order valence-electron chi connectivity index (χ0n) is 12.5. The molecule has 0 saturated carbocycles. The van der Waals surface area contributed by atoms with E-state index in [0.29, 0.717) is 22.9 Å². The van der Waals surface area contributed by atoms with Crippen LogP contribution in [0, 0.1) is 5.92 Å². The van der Waals surface area contributed by atoms with Crippen molar-refractivity contribution >= 4 is 17.5 Å². The average molecular weight is 330 g/mol. The van der Waals surface area contributed by atoms with Crippen LogP contribution in [0.15, 0.2) is 24.3 Å². The van der Waals surface area contributed by atoms with Gasteiger partial charge in [0.05, 0.1) is 18.2 Å². The standard InChI is InChI=1S/C15H17F3N2O3/c1-2-23-12-6-4-3-5-11(12)19-14(22)10-7-13(21)20(8-10)9-15(16,17)18/h3-6,10H,2,7-9H2,1H3,(H,19,22)/t10-/m1/s1. The number of ether oxygens (including phenoxy) is 1.